The highest BCUT2D eigenvalue weighted by Crippen LogP contribution is 2.29. The predicted octanol–water partition coefficient (Wildman–Crippen LogP) is 2.38. The number of benzene rings is 1. The molecule has 0 unspecified atom stereocenters. The Morgan fingerprint density at radius 2 is 2.04 bits per heavy atom. The minimum Gasteiger partial charge on any atom is -0.496 e. The second-order valence-corrected chi connectivity index (χ2v) is 5.14. The molecule has 23 heavy (non-hydrogen) atoms. The summed E-state index contributed by atoms with van der Waals surface area (Å²) in [5.74, 6) is -0.0855. The van der Waals surface area contributed by atoms with Crippen LogP contribution in [0, 0.1) is 12.7 Å². The molecule has 124 valence electrons. The average Bonchev–Trinajstić information content (AvgIpc) is 2.80. The van der Waals surface area contributed by atoms with Crippen LogP contribution >= 0.6 is 0 Å². The zero-order chi connectivity index (χ0) is 17.1. The van der Waals surface area contributed by atoms with Gasteiger partial charge in [-0.1, -0.05) is 6.07 Å². The molecule has 1 amide bonds. The van der Waals surface area contributed by atoms with Gasteiger partial charge in [0.15, 0.2) is 0 Å². The molecular formula is C16H20FN3O3. The molecule has 0 radical (unpaired) electrons. The molecule has 2 rings (SSSR count). The first-order valence-corrected chi connectivity index (χ1v) is 7.11. The van der Waals surface area contributed by atoms with Crippen molar-refractivity contribution in [1.82, 2.24) is 15.1 Å². The molecule has 0 saturated heterocycles. The van der Waals surface area contributed by atoms with Crippen LogP contribution in [0.1, 0.15) is 34.6 Å². The number of aryl methyl sites for hydroxylation is 2. The van der Waals surface area contributed by atoms with E-state index in [9.17, 15) is 9.18 Å². The van der Waals surface area contributed by atoms with Crippen LogP contribution in [0.5, 0.6) is 11.6 Å². The van der Waals surface area contributed by atoms with Gasteiger partial charge in [0.1, 0.15) is 17.1 Å². The van der Waals surface area contributed by atoms with Crippen molar-refractivity contribution in [1.29, 1.82) is 0 Å². The Kier molecular flexibility index (Phi) is 4.88. The minimum atomic E-state index is -0.581. The van der Waals surface area contributed by atoms with E-state index in [0.717, 1.165) is 0 Å². The van der Waals surface area contributed by atoms with Crippen molar-refractivity contribution >= 4 is 5.91 Å². The highest BCUT2D eigenvalue weighted by atomic mass is 19.1. The number of carbonyl (C=O) groups excluding carboxylic acids is 1. The third-order valence-electron chi connectivity index (χ3n) is 3.60. The third kappa shape index (κ3) is 3.13. The largest absolute Gasteiger partial charge is 0.496 e. The third-order valence-corrected chi connectivity index (χ3v) is 3.60. The molecule has 0 aliphatic heterocycles. The Hall–Kier alpha value is -2.57. The van der Waals surface area contributed by atoms with Crippen LogP contribution in [0.15, 0.2) is 18.2 Å². The highest BCUT2D eigenvalue weighted by Gasteiger charge is 2.24. The maximum absolute atomic E-state index is 14.1. The maximum Gasteiger partial charge on any atom is 0.259 e. The molecule has 1 N–H and O–H groups in total. The summed E-state index contributed by atoms with van der Waals surface area (Å²) in [6.45, 7) is 3.41. The molecule has 2 aromatic rings. The van der Waals surface area contributed by atoms with Gasteiger partial charge in [-0.3, -0.25) is 4.79 Å². The van der Waals surface area contributed by atoms with Gasteiger partial charge in [0, 0.05) is 7.05 Å². The van der Waals surface area contributed by atoms with E-state index in [1.165, 1.54) is 25.0 Å². The van der Waals surface area contributed by atoms with Crippen LogP contribution in [0.4, 0.5) is 4.39 Å². The van der Waals surface area contributed by atoms with Crippen LogP contribution in [-0.4, -0.2) is 29.9 Å². The van der Waals surface area contributed by atoms with Gasteiger partial charge in [0.25, 0.3) is 5.91 Å². The molecule has 6 nitrogen and oxygen atoms in total. The fourth-order valence-corrected chi connectivity index (χ4v) is 2.59. The second kappa shape index (κ2) is 6.68. The lowest BCUT2D eigenvalue weighted by atomic mass is 10.1. The van der Waals surface area contributed by atoms with Crippen molar-refractivity contribution in [3.05, 3.63) is 40.8 Å². The maximum atomic E-state index is 14.1. The number of rotatable bonds is 5. The molecule has 7 heteroatoms. The zero-order valence-electron chi connectivity index (χ0n) is 13.8. The lowest BCUT2D eigenvalue weighted by Gasteiger charge is -2.18. The van der Waals surface area contributed by atoms with Crippen LogP contribution in [0.2, 0.25) is 0 Å². The van der Waals surface area contributed by atoms with Gasteiger partial charge in [0.2, 0.25) is 5.88 Å². The number of nitrogens with one attached hydrogen (secondary N) is 1. The van der Waals surface area contributed by atoms with Crippen LogP contribution < -0.4 is 14.8 Å². The van der Waals surface area contributed by atoms with E-state index in [2.05, 4.69) is 10.4 Å². The van der Waals surface area contributed by atoms with Gasteiger partial charge < -0.3 is 14.8 Å². The SMILES string of the molecule is COc1cccc(F)c1[C@H](C)NC(=O)c1c(C)nn(C)c1OC. The summed E-state index contributed by atoms with van der Waals surface area (Å²) in [6, 6.07) is 3.96. The number of hydrogen-bond acceptors (Lipinski definition) is 4. The predicted molar refractivity (Wildman–Crippen MR) is 83.3 cm³/mol. The van der Waals surface area contributed by atoms with Crippen LogP contribution in [0.25, 0.3) is 0 Å². The number of methoxy groups -OCH3 is 2. The minimum absolute atomic E-state index is 0.295. The Morgan fingerprint density at radius 1 is 1.35 bits per heavy atom. The molecule has 0 aliphatic rings. The second-order valence-electron chi connectivity index (χ2n) is 5.14. The van der Waals surface area contributed by atoms with Gasteiger partial charge in [0.05, 0.1) is 31.5 Å². The van der Waals surface area contributed by atoms with Crippen molar-refractivity contribution in [3.63, 3.8) is 0 Å². The Labute approximate surface area is 134 Å². The van der Waals surface area contributed by atoms with Gasteiger partial charge in [-0.25, -0.2) is 9.07 Å². The standard InChI is InChI=1S/C16H20FN3O3/c1-9(13-11(17)7-6-8-12(13)22-4)18-15(21)14-10(2)19-20(3)16(14)23-5/h6-9H,1-5H3,(H,18,21)/t9-/m0/s1. The number of amides is 1. The number of halogens is 1. The number of carbonyl (C=O) groups is 1. The summed E-state index contributed by atoms with van der Waals surface area (Å²) < 4.78 is 26.0. The quantitative estimate of drug-likeness (QED) is 0.918. The van der Waals surface area contributed by atoms with E-state index >= 15 is 0 Å². The fourth-order valence-electron chi connectivity index (χ4n) is 2.59. The van der Waals surface area contributed by atoms with Gasteiger partial charge in [-0.15, -0.1) is 0 Å². The first-order valence-electron chi connectivity index (χ1n) is 7.11. The zero-order valence-corrected chi connectivity index (χ0v) is 13.8. The lowest BCUT2D eigenvalue weighted by molar-refractivity contribution is 0.0935. The van der Waals surface area contributed by atoms with Gasteiger partial charge in [-0.05, 0) is 26.0 Å². The molecule has 1 aromatic carbocycles. The summed E-state index contributed by atoms with van der Waals surface area (Å²) in [5.41, 5.74) is 1.16. The van der Waals surface area contributed by atoms with E-state index < -0.39 is 11.9 Å². The number of ether oxygens (including phenoxy) is 2. The highest BCUT2D eigenvalue weighted by molar-refractivity contribution is 5.97. The molecule has 1 atom stereocenters. The fraction of sp³-hybridized carbons (Fsp3) is 0.375. The summed E-state index contributed by atoms with van der Waals surface area (Å²) in [6.07, 6.45) is 0. The number of hydrogen-bond donors (Lipinski definition) is 1. The summed E-state index contributed by atoms with van der Waals surface area (Å²) in [5, 5.41) is 6.93. The van der Waals surface area contributed by atoms with Gasteiger partial charge >= 0.3 is 0 Å². The molecular weight excluding hydrogens is 301 g/mol. The number of aromatic nitrogens is 2. The normalized spacial score (nSPS) is 11.9. The molecule has 0 saturated carbocycles. The van der Waals surface area contributed by atoms with Crippen molar-refractivity contribution in [2.45, 2.75) is 19.9 Å². The Balaban J connectivity index is 2.31. The van der Waals surface area contributed by atoms with Crippen molar-refractivity contribution in [2.24, 2.45) is 7.05 Å². The summed E-state index contributed by atoms with van der Waals surface area (Å²) in [4.78, 5) is 12.5. The Bertz CT molecular complexity index is 728. The van der Waals surface area contributed by atoms with E-state index in [1.54, 1.807) is 33.0 Å². The summed E-state index contributed by atoms with van der Waals surface area (Å²) in [7, 11) is 4.61. The number of nitrogens with zero attached hydrogens (tertiary/aromatic N) is 2. The van der Waals surface area contributed by atoms with Crippen LogP contribution in [0.3, 0.4) is 0 Å². The monoisotopic (exact) mass is 321 g/mol. The van der Waals surface area contributed by atoms with E-state index in [1.807, 2.05) is 0 Å². The van der Waals surface area contributed by atoms with Gasteiger partial charge in [-0.2, -0.15) is 5.10 Å². The molecule has 0 spiro atoms. The van der Waals surface area contributed by atoms with Crippen molar-refractivity contribution in [2.75, 3.05) is 14.2 Å². The summed E-state index contributed by atoms with van der Waals surface area (Å²) >= 11 is 0. The molecule has 0 aliphatic carbocycles. The lowest BCUT2D eigenvalue weighted by Crippen LogP contribution is -2.28. The topological polar surface area (TPSA) is 65.4 Å². The Morgan fingerprint density at radius 3 is 2.65 bits per heavy atom. The average molecular weight is 321 g/mol. The van der Waals surface area contributed by atoms with E-state index in [4.69, 9.17) is 9.47 Å². The molecule has 1 heterocycles. The first kappa shape index (κ1) is 16.8. The smallest absolute Gasteiger partial charge is 0.259 e. The molecule has 1 aromatic heterocycles. The van der Waals surface area contributed by atoms with Crippen molar-refractivity contribution in [3.8, 4) is 11.6 Å². The van der Waals surface area contributed by atoms with E-state index in [-0.39, 0.29) is 5.91 Å². The van der Waals surface area contributed by atoms with E-state index in [0.29, 0.717) is 28.5 Å². The first-order chi connectivity index (χ1) is 10.9. The molecule has 0 fully saturated rings. The van der Waals surface area contributed by atoms with Crippen molar-refractivity contribution < 1.29 is 18.7 Å². The van der Waals surface area contributed by atoms with Crippen LogP contribution in [-0.2, 0) is 7.05 Å². The molecule has 0 bridgehead atoms.